The van der Waals surface area contributed by atoms with Gasteiger partial charge >= 0.3 is 5.97 Å². The molecule has 0 aliphatic carbocycles. The first-order valence-corrected chi connectivity index (χ1v) is 7.75. The van der Waals surface area contributed by atoms with Gasteiger partial charge in [0, 0.05) is 5.69 Å². The van der Waals surface area contributed by atoms with Gasteiger partial charge in [0.15, 0.2) is 0 Å². The third kappa shape index (κ3) is 4.62. The second-order valence-electron chi connectivity index (χ2n) is 5.37. The molecule has 0 radical (unpaired) electrons. The van der Waals surface area contributed by atoms with E-state index < -0.39 is 0 Å². The summed E-state index contributed by atoms with van der Waals surface area (Å²) < 4.78 is 5.36. The Labute approximate surface area is 132 Å². The molecule has 0 saturated heterocycles. The van der Waals surface area contributed by atoms with Crippen LogP contribution >= 0.6 is 0 Å². The smallest absolute Gasteiger partial charge is 0.328 e. The van der Waals surface area contributed by atoms with Gasteiger partial charge in [-0.2, -0.15) is 0 Å². The van der Waals surface area contributed by atoms with Crippen LogP contribution in [0.25, 0.3) is 0 Å². The SMILES string of the molecule is CCCc1ccccc1NC(C)C(=O)OCc1ccccc1. The minimum absolute atomic E-state index is 0.241. The zero-order valence-electron chi connectivity index (χ0n) is 13.2. The summed E-state index contributed by atoms with van der Waals surface area (Å²) in [6, 6.07) is 17.4. The summed E-state index contributed by atoms with van der Waals surface area (Å²) in [6.45, 7) is 4.28. The predicted molar refractivity (Wildman–Crippen MR) is 89.8 cm³/mol. The third-order valence-corrected chi connectivity index (χ3v) is 3.49. The van der Waals surface area contributed by atoms with Gasteiger partial charge < -0.3 is 10.1 Å². The lowest BCUT2D eigenvalue weighted by atomic mass is 10.1. The molecular formula is C19H23NO2. The maximum Gasteiger partial charge on any atom is 0.328 e. The van der Waals surface area contributed by atoms with Crippen molar-refractivity contribution >= 4 is 11.7 Å². The molecule has 2 rings (SSSR count). The highest BCUT2D eigenvalue weighted by Crippen LogP contribution is 2.18. The van der Waals surface area contributed by atoms with E-state index in [1.807, 2.05) is 55.5 Å². The van der Waals surface area contributed by atoms with Crippen LogP contribution < -0.4 is 5.32 Å². The average molecular weight is 297 g/mol. The predicted octanol–water partition coefficient (Wildman–Crippen LogP) is 4.18. The second kappa shape index (κ2) is 8.23. The average Bonchev–Trinajstić information content (AvgIpc) is 2.55. The van der Waals surface area contributed by atoms with Gasteiger partial charge in [-0.25, -0.2) is 4.79 Å². The Bertz CT molecular complexity index is 595. The van der Waals surface area contributed by atoms with Crippen LogP contribution in [0.2, 0.25) is 0 Å². The number of esters is 1. The molecule has 0 spiro atoms. The largest absolute Gasteiger partial charge is 0.459 e. The van der Waals surface area contributed by atoms with Crippen molar-refractivity contribution in [2.24, 2.45) is 0 Å². The molecule has 0 amide bonds. The van der Waals surface area contributed by atoms with E-state index in [2.05, 4.69) is 18.3 Å². The van der Waals surface area contributed by atoms with E-state index >= 15 is 0 Å². The lowest BCUT2D eigenvalue weighted by Gasteiger charge is -2.17. The molecule has 1 N–H and O–H groups in total. The summed E-state index contributed by atoms with van der Waals surface area (Å²) in [7, 11) is 0. The van der Waals surface area contributed by atoms with E-state index in [-0.39, 0.29) is 12.0 Å². The third-order valence-electron chi connectivity index (χ3n) is 3.49. The highest BCUT2D eigenvalue weighted by Gasteiger charge is 2.15. The van der Waals surface area contributed by atoms with Gasteiger partial charge in [0.25, 0.3) is 0 Å². The molecule has 0 aliphatic rings. The first-order valence-electron chi connectivity index (χ1n) is 7.75. The Kier molecular flexibility index (Phi) is 6.01. The molecule has 1 atom stereocenters. The zero-order valence-corrected chi connectivity index (χ0v) is 13.2. The van der Waals surface area contributed by atoms with E-state index in [0.717, 1.165) is 24.1 Å². The van der Waals surface area contributed by atoms with Crippen LogP contribution in [0, 0.1) is 0 Å². The van der Waals surface area contributed by atoms with Crippen molar-refractivity contribution in [3.8, 4) is 0 Å². The molecule has 0 bridgehead atoms. The van der Waals surface area contributed by atoms with Gasteiger partial charge in [0.2, 0.25) is 0 Å². The Morgan fingerprint density at radius 1 is 1.09 bits per heavy atom. The van der Waals surface area contributed by atoms with E-state index in [0.29, 0.717) is 6.61 Å². The number of hydrogen-bond acceptors (Lipinski definition) is 3. The Hall–Kier alpha value is -2.29. The van der Waals surface area contributed by atoms with Crippen molar-refractivity contribution in [1.82, 2.24) is 0 Å². The first-order chi connectivity index (χ1) is 10.7. The Morgan fingerprint density at radius 2 is 1.77 bits per heavy atom. The minimum atomic E-state index is -0.373. The van der Waals surface area contributed by atoms with Crippen LogP contribution in [0.4, 0.5) is 5.69 Å². The van der Waals surface area contributed by atoms with Gasteiger partial charge in [-0.15, -0.1) is 0 Å². The van der Waals surface area contributed by atoms with Crippen molar-refractivity contribution in [3.63, 3.8) is 0 Å². The summed E-state index contributed by atoms with van der Waals surface area (Å²) in [5, 5.41) is 3.26. The second-order valence-corrected chi connectivity index (χ2v) is 5.37. The molecule has 0 aliphatic heterocycles. The Balaban J connectivity index is 1.91. The van der Waals surface area contributed by atoms with Crippen molar-refractivity contribution in [2.75, 3.05) is 5.32 Å². The van der Waals surface area contributed by atoms with Gasteiger partial charge in [0.1, 0.15) is 12.6 Å². The molecule has 0 aromatic heterocycles. The number of rotatable bonds is 7. The lowest BCUT2D eigenvalue weighted by Crippen LogP contribution is -2.28. The summed E-state index contributed by atoms with van der Waals surface area (Å²) in [5.74, 6) is -0.241. The fourth-order valence-corrected chi connectivity index (χ4v) is 2.29. The van der Waals surface area contributed by atoms with Gasteiger partial charge in [0.05, 0.1) is 0 Å². The standard InChI is InChI=1S/C19H23NO2/c1-3-9-17-12-7-8-13-18(17)20-15(2)19(21)22-14-16-10-5-4-6-11-16/h4-8,10-13,15,20H,3,9,14H2,1-2H3. The zero-order chi connectivity index (χ0) is 15.8. The first kappa shape index (κ1) is 16.1. The van der Waals surface area contributed by atoms with Gasteiger partial charge in [-0.05, 0) is 30.5 Å². The number of ether oxygens (including phenoxy) is 1. The van der Waals surface area contributed by atoms with Crippen molar-refractivity contribution in [3.05, 3.63) is 65.7 Å². The topological polar surface area (TPSA) is 38.3 Å². The van der Waals surface area contributed by atoms with E-state index in [1.54, 1.807) is 0 Å². The molecule has 1 unspecified atom stereocenters. The normalized spacial score (nSPS) is 11.7. The molecule has 2 aromatic carbocycles. The molecule has 2 aromatic rings. The van der Waals surface area contributed by atoms with Crippen LogP contribution in [0.5, 0.6) is 0 Å². The summed E-state index contributed by atoms with van der Waals surface area (Å²) in [4.78, 5) is 12.1. The number of para-hydroxylation sites is 1. The highest BCUT2D eigenvalue weighted by atomic mass is 16.5. The number of anilines is 1. The molecule has 0 saturated carbocycles. The number of carbonyl (C=O) groups excluding carboxylic acids is 1. The number of aryl methyl sites for hydroxylation is 1. The number of benzene rings is 2. The maximum absolute atomic E-state index is 12.1. The molecule has 0 heterocycles. The fourth-order valence-electron chi connectivity index (χ4n) is 2.29. The van der Waals surface area contributed by atoms with Crippen LogP contribution in [0.3, 0.4) is 0 Å². The van der Waals surface area contributed by atoms with Crippen LogP contribution in [-0.4, -0.2) is 12.0 Å². The van der Waals surface area contributed by atoms with Gasteiger partial charge in [-0.1, -0.05) is 61.9 Å². The molecule has 22 heavy (non-hydrogen) atoms. The molecule has 3 nitrogen and oxygen atoms in total. The van der Waals surface area contributed by atoms with Crippen molar-refractivity contribution < 1.29 is 9.53 Å². The van der Waals surface area contributed by atoms with Crippen LogP contribution in [-0.2, 0) is 22.6 Å². The van der Waals surface area contributed by atoms with Crippen molar-refractivity contribution in [1.29, 1.82) is 0 Å². The maximum atomic E-state index is 12.1. The molecule has 3 heteroatoms. The fraction of sp³-hybridized carbons (Fsp3) is 0.316. The monoisotopic (exact) mass is 297 g/mol. The Morgan fingerprint density at radius 3 is 2.50 bits per heavy atom. The number of hydrogen-bond donors (Lipinski definition) is 1. The van der Waals surface area contributed by atoms with Crippen LogP contribution in [0.15, 0.2) is 54.6 Å². The number of carbonyl (C=O) groups is 1. The summed E-state index contributed by atoms with van der Waals surface area (Å²) >= 11 is 0. The molecular weight excluding hydrogens is 274 g/mol. The summed E-state index contributed by atoms with van der Waals surface area (Å²) in [5.41, 5.74) is 3.23. The quantitative estimate of drug-likeness (QED) is 0.779. The van der Waals surface area contributed by atoms with Gasteiger partial charge in [-0.3, -0.25) is 0 Å². The summed E-state index contributed by atoms with van der Waals surface area (Å²) in [6.07, 6.45) is 2.07. The number of nitrogens with one attached hydrogen (secondary N) is 1. The van der Waals surface area contributed by atoms with E-state index in [1.165, 1.54) is 5.56 Å². The van der Waals surface area contributed by atoms with Crippen molar-refractivity contribution in [2.45, 2.75) is 39.3 Å². The van der Waals surface area contributed by atoms with Crippen LogP contribution in [0.1, 0.15) is 31.4 Å². The molecule has 0 fully saturated rings. The highest BCUT2D eigenvalue weighted by molar-refractivity contribution is 5.79. The minimum Gasteiger partial charge on any atom is -0.459 e. The van der Waals surface area contributed by atoms with E-state index in [9.17, 15) is 4.79 Å². The lowest BCUT2D eigenvalue weighted by molar-refractivity contribution is -0.145. The van der Waals surface area contributed by atoms with E-state index in [4.69, 9.17) is 4.74 Å². The molecule has 116 valence electrons.